The maximum Gasteiger partial charge on any atom is 0.0305 e. The minimum absolute atomic E-state index is 0.451. The first-order chi connectivity index (χ1) is 8.25. The van der Waals surface area contributed by atoms with Gasteiger partial charge in [0.25, 0.3) is 0 Å². The van der Waals surface area contributed by atoms with Crippen LogP contribution < -0.4 is 0 Å². The SMILES string of the molecule is CC1=Cc2cc(C)ccc2C1c1ccccc1. The molecule has 1 unspecified atom stereocenters. The molecule has 0 heterocycles. The van der Waals surface area contributed by atoms with E-state index in [0.717, 1.165) is 0 Å². The molecule has 0 N–H and O–H groups in total. The Kier molecular flexibility index (Phi) is 2.36. The number of hydrogen-bond donors (Lipinski definition) is 0. The van der Waals surface area contributed by atoms with Crippen molar-refractivity contribution >= 4 is 6.08 Å². The van der Waals surface area contributed by atoms with Gasteiger partial charge in [-0.1, -0.05) is 65.7 Å². The lowest BCUT2D eigenvalue weighted by Gasteiger charge is -2.15. The van der Waals surface area contributed by atoms with E-state index >= 15 is 0 Å². The molecule has 1 aliphatic carbocycles. The van der Waals surface area contributed by atoms with E-state index in [0.29, 0.717) is 5.92 Å². The zero-order valence-electron chi connectivity index (χ0n) is 10.3. The summed E-state index contributed by atoms with van der Waals surface area (Å²) in [6.45, 7) is 4.38. The van der Waals surface area contributed by atoms with Crippen LogP contribution in [0, 0.1) is 6.92 Å². The highest BCUT2D eigenvalue weighted by molar-refractivity contribution is 5.69. The van der Waals surface area contributed by atoms with Crippen molar-refractivity contribution in [1.29, 1.82) is 0 Å². The lowest BCUT2D eigenvalue weighted by atomic mass is 9.89. The number of fused-ring (bicyclic) bond motifs is 1. The summed E-state index contributed by atoms with van der Waals surface area (Å²) in [7, 11) is 0. The largest absolute Gasteiger partial charge is 0.0622 e. The van der Waals surface area contributed by atoms with Crippen LogP contribution in [0.5, 0.6) is 0 Å². The van der Waals surface area contributed by atoms with E-state index in [1.54, 1.807) is 0 Å². The van der Waals surface area contributed by atoms with Crippen LogP contribution in [0.3, 0.4) is 0 Å². The van der Waals surface area contributed by atoms with Crippen molar-refractivity contribution in [3.63, 3.8) is 0 Å². The summed E-state index contributed by atoms with van der Waals surface area (Å²) in [5.74, 6) is 0.451. The molecule has 84 valence electrons. The third kappa shape index (κ3) is 1.70. The number of hydrogen-bond acceptors (Lipinski definition) is 0. The Morgan fingerprint density at radius 1 is 0.882 bits per heavy atom. The zero-order chi connectivity index (χ0) is 11.8. The standard InChI is InChI=1S/C17H16/c1-12-8-9-16-15(10-12)11-13(2)17(16)14-6-4-3-5-7-14/h3-11,17H,1-2H3. The minimum atomic E-state index is 0.451. The van der Waals surface area contributed by atoms with Gasteiger partial charge in [-0.2, -0.15) is 0 Å². The first-order valence-corrected chi connectivity index (χ1v) is 6.09. The molecule has 0 heteroatoms. The Hall–Kier alpha value is -1.82. The molecule has 0 bridgehead atoms. The van der Waals surface area contributed by atoms with E-state index in [4.69, 9.17) is 0 Å². The average molecular weight is 220 g/mol. The van der Waals surface area contributed by atoms with Gasteiger partial charge >= 0.3 is 0 Å². The maximum absolute atomic E-state index is 2.32. The van der Waals surface area contributed by atoms with Crippen LogP contribution in [0.1, 0.15) is 35.1 Å². The van der Waals surface area contributed by atoms with E-state index in [1.165, 1.54) is 27.8 Å². The molecule has 0 saturated carbocycles. The van der Waals surface area contributed by atoms with Gasteiger partial charge in [0.2, 0.25) is 0 Å². The molecule has 0 spiro atoms. The average Bonchev–Trinajstić information content (AvgIpc) is 2.65. The highest BCUT2D eigenvalue weighted by Crippen LogP contribution is 2.40. The second-order valence-corrected chi connectivity index (χ2v) is 4.86. The van der Waals surface area contributed by atoms with Crippen molar-refractivity contribution in [2.45, 2.75) is 19.8 Å². The molecule has 1 atom stereocenters. The Labute approximate surface area is 103 Å². The topological polar surface area (TPSA) is 0 Å². The number of allylic oxidation sites excluding steroid dienone is 1. The van der Waals surface area contributed by atoms with Crippen molar-refractivity contribution in [3.8, 4) is 0 Å². The first-order valence-electron chi connectivity index (χ1n) is 6.09. The molecule has 17 heavy (non-hydrogen) atoms. The van der Waals surface area contributed by atoms with E-state index in [9.17, 15) is 0 Å². The molecule has 0 fully saturated rings. The highest BCUT2D eigenvalue weighted by Gasteiger charge is 2.23. The fraction of sp³-hybridized carbons (Fsp3) is 0.176. The van der Waals surface area contributed by atoms with Crippen LogP contribution in [0.2, 0.25) is 0 Å². The van der Waals surface area contributed by atoms with Crippen LogP contribution in [0.4, 0.5) is 0 Å². The van der Waals surface area contributed by atoms with Crippen LogP contribution >= 0.6 is 0 Å². The van der Waals surface area contributed by atoms with Gasteiger partial charge in [0.15, 0.2) is 0 Å². The lowest BCUT2D eigenvalue weighted by molar-refractivity contribution is 0.976. The van der Waals surface area contributed by atoms with Gasteiger partial charge in [0, 0.05) is 5.92 Å². The van der Waals surface area contributed by atoms with Gasteiger partial charge in [-0.3, -0.25) is 0 Å². The van der Waals surface area contributed by atoms with E-state index in [1.807, 2.05) is 0 Å². The Morgan fingerprint density at radius 2 is 1.65 bits per heavy atom. The monoisotopic (exact) mass is 220 g/mol. The molecule has 0 nitrogen and oxygen atoms in total. The smallest absolute Gasteiger partial charge is 0.0305 e. The van der Waals surface area contributed by atoms with Crippen LogP contribution in [-0.4, -0.2) is 0 Å². The number of aryl methyl sites for hydroxylation is 1. The molecule has 2 aromatic rings. The quantitative estimate of drug-likeness (QED) is 0.661. The predicted molar refractivity (Wildman–Crippen MR) is 73.1 cm³/mol. The summed E-state index contributed by atoms with van der Waals surface area (Å²) in [4.78, 5) is 0. The third-order valence-corrected chi connectivity index (χ3v) is 3.52. The molecule has 0 saturated heterocycles. The van der Waals surface area contributed by atoms with Gasteiger partial charge in [-0.15, -0.1) is 0 Å². The molecule has 0 radical (unpaired) electrons. The summed E-state index contributed by atoms with van der Waals surface area (Å²) in [5, 5.41) is 0. The Balaban J connectivity index is 2.13. The summed E-state index contributed by atoms with van der Waals surface area (Å²) < 4.78 is 0. The molecule has 0 aliphatic heterocycles. The van der Waals surface area contributed by atoms with Gasteiger partial charge in [-0.25, -0.2) is 0 Å². The van der Waals surface area contributed by atoms with Gasteiger partial charge in [-0.05, 0) is 30.5 Å². The second-order valence-electron chi connectivity index (χ2n) is 4.86. The van der Waals surface area contributed by atoms with Crippen LogP contribution in [0.15, 0.2) is 54.1 Å². The van der Waals surface area contributed by atoms with E-state index in [2.05, 4.69) is 68.5 Å². The van der Waals surface area contributed by atoms with E-state index in [-0.39, 0.29) is 0 Å². The Morgan fingerprint density at radius 3 is 2.41 bits per heavy atom. The molecule has 3 rings (SSSR count). The number of rotatable bonds is 1. The molecule has 2 aromatic carbocycles. The third-order valence-electron chi connectivity index (χ3n) is 3.52. The summed E-state index contributed by atoms with van der Waals surface area (Å²) >= 11 is 0. The normalized spacial score (nSPS) is 17.8. The van der Waals surface area contributed by atoms with Crippen molar-refractivity contribution in [2.75, 3.05) is 0 Å². The fourth-order valence-electron chi connectivity index (χ4n) is 2.74. The minimum Gasteiger partial charge on any atom is -0.0622 e. The summed E-state index contributed by atoms with van der Waals surface area (Å²) in [5.41, 5.74) is 7.00. The van der Waals surface area contributed by atoms with E-state index < -0.39 is 0 Å². The number of benzene rings is 2. The second kappa shape index (κ2) is 3.89. The molecule has 0 aromatic heterocycles. The predicted octanol–water partition coefficient (Wildman–Crippen LogP) is 4.54. The summed E-state index contributed by atoms with van der Waals surface area (Å²) in [6.07, 6.45) is 2.32. The molecule has 0 amide bonds. The van der Waals surface area contributed by atoms with Crippen molar-refractivity contribution in [1.82, 2.24) is 0 Å². The summed E-state index contributed by atoms with van der Waals surface area (Å²) in [6, 6.07) is 17.5. The highest BCUT2D eigenvalue weighted by atomic mass is 14.3. The van der Waals surface area contributed by atoms with Crippen LogP contribution in [-0.2, 0) is 0 Å². The maximum atomic E-state index is 2.32. The van der Waals surface area contributed by atoms with Crippen molar-refractivity contribution < 1.29 is 0 Å². The molecule has 1 aliphatic rings. The van der Waals surface area contributed by atoms with Gasteiger partial charge < -0.3 is 0 Å². The van der Waals surface area contributed by atoms with Gasteiger partial charge in [0.1, 0.15) is 0 Å². The van der Waals surface area contributed by atoms with Crippen molar-refractivity contribution in [2.24, 2.45) is 0 Å². The first kappa shape index (κ1) is 10.3. The molecular formula is C17H16. The zero-order valence-corrected chi connectivity index (χ0v) is 10.3. The van der Waals surface area contributed by atoms with Gasteiger partial charge in [0.05, 0.1) is 0 Å². The van der Waals surface area contributed by atoms with Crippen LogP contribution in [0.25, 0.3) is 6.08 Å². The fourth-order valence-corrected chi connectivity index (χ4v) is 2.74. The Bertz CT molecular complexity index is 576. The lowest BCUT2D eigenvalue weighted by Crippen LogP contribution is -1.99. The molecular weight excluding hydrogens is 204 g/mol. The van der Waals surface area contributed by atoms with Crippen molar-refractivity contribution in [3.05, 3.63) is 76.4 Å².